The summed E-state index contributed by atoms with van der Waals surface area (Å²) in [5.41, 5.74) is 4.08. The number of rotatable bonds is 6. The number of aryl methyl sites for hydroxylation is 3. The number of benzene rings is 1. The lowest BCUT2D eigenvalue weighted by Crippen LogP contribution is -2.48. The molecule has 0 bridgehead atoms. The minimum atomic E-state index is -0.212. The third kappa shape index (κ3) is 4.17. The molecule has 4 rings (SSSR count). The van der Waals surface area contributed by atoms with Gasteiger partial charge in [0.05, 0.1) is 18.4 Å². The van der Waals surface area contributed by atoms with Crippen molar-refractivity contribution >= 4 is 16.9 Å². The molecule has 8 heteroatoms. The molecule has 3 heterocycles. The summed E-state index contributed by atoms with van der Waals surface area (Å²) >= 11 is 0. The van der Waals surface area contributed by atoms with Crippen LogP contribution < -0.4 is 0 Å². The van der Waals surface area contributed by atoms with E-state index < -0.39 is 0 Å². The first-order valence-electron chi connectivity index (χ1n) is 10.2. The highest BCUT2D eigenvalue weighted by Gasteiger charge is 2.21. The molecule has 7 nitrogen and oxygen atoms in total. The topological polar surface area (TPSA) is 59.2 Å². The maximum Gasteiger partial charge on any atom is 0.224 e. The number of piperazine rings is 1. The Labute approximate surface area is 169 Å². The molecule has 1 amide bonds. The Bertz CT molecular complexity index is 985. The number of hydrogen-bond donors (Lipinski definition) is 0. The predicted octanol–water partition coefficient (Wildman–Crippen LogP) is 2.43. The second-order valence-corrected chi connectivity index (χ2v) is 7.54. The van der Waals surface area contributed by atoms with Gasteiger partial charge in [0.25, 0.3) is 0 Å². The zero-order chi connectivity index (χ0) is 20.4. The Kier molecular flexibility index (Phi) is 5.62. The van der Waals surface area contributed by atoms with Crippen molar-refractivity contribution in [3.8, 4) is 0 Å². The molecule has 0 unspecified atom stereocenters. The quantitative estimate of drug-likeness (QED) is 0.640. The van der Waals surface area contributed by atoms with Gasteiger partial charge in [0, 0.05) is 45.7 Å². The Morgan fingerprint density at radius 1 is 1.10 bits per heavy atom. The van der Waals surface area contributed by atoms with E-state index in [0.717, 1.165) is 61.6 Å². The Morgan fingerprint density at radius 2 is 1.83 bits per heavy atom. The molecule has 0 atom stereocenters. The molecule has 0 radical (unpaired) electrons. The van der Waals surface area contributed by atoms with Crippen molar-refractivity contribution in [2.24, 2.45) is 0 Å². The molecule has 1 aliphatic rings. The fourth-order valence-electron chi connectivity index (χ4n) is 3.99. The number of aromatic nitrogens is 4. The maximum atomic E-state index is 13.0. The smallest absolute Gasteiger partial charge is 0.224 e. The second-order valence-electron chi connectivity index (χ2n) is 7.54. The average Bonchev–Trinajstić information content (AvgIpc) is 3.29. The van der Waals surface area contributed by atoms with Gasteiger partial charge in [0.15, 0.2) is 0 Å². The first-order chi connectivity index (χ1) is 14.0. The van der Waals surface area contributed by atoms with Crippen LogP contribution in [0.25, 0.3) is 11.0 Å². The van der Waals surface area contributed by atoms with E-state index in [9.17, 15) is 9.18 Å². The lowest BCUT2D eigenvalue weighted by atomic mass is 10.2. The van der Waals surface area contributed by atoms with Gasteiger partial charge in [-0.1, -0.05) is 12.1 Å². The predicted molar refractivity (Wildman–Crippen MR) is 109 cm³/mol. The molecule has 0 N–H and O–H groups in total. The van der Waals surface area contributed by atoms with Gasteiger partial charge in [-0.2, -0.15) is 10.2 Å². The lowest BCUT2D eigenvalue weighted by Gasteiger charge is -2.34. The van der Waals surface area contributed by atoms with E-state index in [1.165, 1.54) is 12.1 Å². The first kappa shape index (κ1) is 19.6. The maximum absolute atomic E-state index is 13.0. The van der Waals surface area contributed by atoms with E-state index in [4.69, 9.17) is 0 Å². The molecule has 1 aromatic carbocycles. The van der Waals surface area contributed by atoms with Crippen LogP contribution in [0.15, 0.2) is 30.5 Å². The zero-order valence-electron chi connectivity index (χ0n) is 17.0. The monoisotopic (exact) mass is 398 g/mol. The van der Waals surface area contributed by atoms with Crippen molar-refractivity contribution in [3.05, 3.63) is 47.5 Å². The van der Waals surface area contributed by atoms with Crippen LogP contribution in [0.1, 0.15) is 24.6 Å². The number of amides is 1. The van der Waals surface area contributed by atoms with Crippen molar-refractivity contribution in [2.45, 2.75) is 39.9 Å². The van der Waals surface area contributed by atoms with Gasteiger partial charge in [0.1, 0.15) is 16.9 Å². The largest absolute Gasteiger partial charge is 0.340 e. The number of halogens is 1. The number of hydrogen-bond acceptors (Lipinski definition) is 4. The van der Waals surface area contributed by atoms with Crippen LogP contribution in [-0.2, 0) is 24.4 Å². The summed E-state index contributed by atoms with van der Waals surface area (Å²) < 4.78 is 16.9. The van der Waals surface area contributed by atoms with Gasteiger partial charge in [-0.15, -0.1) is 0 Å². The molecule has 1 fully saturated rings. The van der Waals surface area contributed by atoms with Gasteiger partial charge in [0.2, 0.25) is 5.91 Å². The number of fused-ring (bicyclic) bond motifs is 1. The summed E-state index contributed by atoms with van der Waals surface area (Å²) in [5.74, 6) is -0.0496. The molecule has 29 heavy (non-hydrogen) atoms. The van der Waals surface area contributed by atoms with Crippen molar-refractivity contribution in [2.75, 3.05) is 26.2 Å². The summed E-state index contributed by atoms with van der Waals surface area (Å²) in [4.78, 5) is 16.9. The van der Waals surface area contributed by atoms with Crippen molar-refractivity contribution in [1.82, 2.24) is 29.4 Å². The molecule has 1 saturated heterocycles. The molecular formula is C21H27FN6O. The number of nitrogens with zero attached hydrogens (tertiary/aromatic N) is 6. The first-order valence-corrected chi connectivity index (χ1v) is 10.2. The Hall–Kier alpha value is -2.74. The highest BCUT2D eigenvalue weighted by Crippen LogP contribution is 2.18. The fourth-order valence-corrected chi connectivity index (χ4v) is 3.99. The molecule has 0 saturated carbocycles. The minimum absolute atomic E-state index is 0.163. The van der Waals surface area contributed by atoms with E-state index in [2.05, 4.69) is 22.0 Å². The van der Waals surface area contributed by atoms with Crippen LogP contribution in [0.5, 0.6) is 0 Å². The summed E-state index contributed by atoms with van der Waals surface area (Å²) in [7, 11) is 0. The van der Waals surface area contributed by atoms with Gasteiger partial charge in [-0.3, -0.25) is 19.1 Å². The third-order valence-electron chi connectivity index (χ3n) is 5.59. The normalized spacial score (nSPS) is 15.3. The average molecular weight is 398 g/mol. The van der Waals surface area contributed by atoms with Crippen molar-refractivity contribution < 1.29 is 9.18 Å². The van der Waals surface area contributed by atoms with Crippen molar-refractivity contribution in [1.29, 1.82) is 0 Å². The molecular weight excluding hydrogens is 371 g/mol. The SMILES string of the molecule is CCn1nc(C)c2c1cnn2CCC(=O)N1CCN(Cc2ccc(F)cc2)CC1. The molecule has 2 aromatic heterocycles. The second kappa shape index (κ2) is 8.32. The van der Waals surface area contributed by atoms with E-state index in [1.807, 2.05) is 39.5 Å². The Morgan fingerprint density at radius 3 is 2.52 bits per heavy atom. The van der Waals surface area contributed by atoms with E-state index in [-0.39, 0.29) is 11.7 Å². The minimum Gasteiger partial charge on any atom is -0.340 e. The standard InChI is InChI=1S/C21H27FN6O/c1-3-27-19-14-23-28(21(19)16(2)24-27)9-8-20(29)26-12-10-25(11-13-26)15-17-4-6-18(22)7-5-17/h4-7,14H,3,8-13,15H2,1-2H3. The summed E-state index contributed by atoms with van der Waals surface area (Å²) in [6.07, 6.45) is 2.27. The molecule has 0 aliphatic carbocycles. The highest BCUT2D eigenvalue weighted by atomic mass is 19.1. The van der Waals surface area contributed by atoms with Gasteiger partial charge >= 0.3 is 0 Å². The van der Waals surface area contributed by atoms with E-state index >= 15 is 0 Å². The van der Waals surface area contributed by atoms with Gasteiger partial charge in [-0.05, 0) is 31.5 Å². The molecule has 154 valence electrons. The van der Waals surface area contributed by atoms with E-state index in [0.29, 0.717) is 13.0 Å². The molecule has 1 aliphatic heterocycles. The van der Waals surface area contributed by atoms with E-state index in [1.54, 1.807) is 0 Å². The molecule has 0 spiro atoms. The zero-order valence-corrected chi connectivity index (χ0v) is 17.0. The van der Waals surface area contributed by atoms with Gasteiger partial charge in [-0.25, -0.2) is 4.39 Å². The fraction of sp³-hybridized carbons (Fsp3) is 0.476. The van der Waals surface area contributed by atoms with Crippen LogP contribution in [-0.4, -0.2) is 61.4 Å². The van der Waals surface area contributed by atoms with Crippen LogP contribution in [0.2, 0.25) is 0 Å². The summed E-state index contributed by atoms with van der Waals surface area (Å²) in [5, 5.41) is 8.98. The van der Waals surface area contributed by atoms with Crippen molar-refractivity contribution in [3.63, 3.8) is 0 Å². The van der Waals surface area contributed by atoms with Crippen LogP contribution in [0, 0.1) is 12.7 Å². The number of carbonyl (C=O) groups is 1. The molecule has 3 aromatic rings. The van der Waals surface area contributed by atoms with Crippen LogP contribution in [0.3, 0.4) is 0 Å². The summed E-state index contributed by atoms with van der Waals surface area (Å²) in [6.45, 7) is 9.30. The number of carbonyl (C=O) groups excluding carboxylic acids is 1. The summed E-state index contributed by atoms with van der Waals surface area (Å²) in [6, 6.07) is 6.63. The Balaban J connectivity index is 1.29. The third-order valence-corrected chi connectivity index (χ3v) is 5.59. The van der Waals surface area contributed by atoms with Crippen LogP contribution >= 0.6 is 0 Å². The van der Waals surface area contributed by atoms with Crippen LogP contribution in [0.4, 0.5) is 4.39 Å². The highest BCUT2D eigenvalue weighted by molar-refractivity contribution is 5.79. The lowest BCUT2D eigenvalue weighted by molar-refractivity contribution is -0.133. The van der Waals surface area contributed by atoms with Gasteiger partial charge < -0.3 is 4.90 Å².